The zero-order valence-electron chi connectivity index (χ0n) is 21.6. The molecule has 2 aromatic carbocycles. The number of hydrogen-bond acceptors (Lipinski definition) is 9. The molecule has 0 fully saturated rings. The number of alkyl halides is 5. The molecule has 0 atom stereocenters. The maximum atomic E-state index is 13.7. The monoisotopic (exact) mass is 625 g/mol. The fraction of sp³-hybridized carbons (Fsp3) is 0.192. The van der Waals surface area contributed by atoms with Crippen LogP contribution in [0, 0.1) is 0 Å². The lowest BCUT2D eigenvalue weighted by molar-refractivity contribution is -0.286. The molecule has 5 rings (SSSR count). The molecule has 2 aromatic heterocycles. The summed E-state index contributed by atoms with van der Waals surface area (Å²) >= 11 is 6.07. The van der Waals surface area contributed by atoms with E-state index in [1.165, 1.54) is 42.5 Å². The molecule has 0 radical (unpaired) electrons. The molecule has 1 N–H and O–H groups in total. The average molecular weight is 626 g/mol. The highest BCUT2D eigenvalue weighted by Gasteiger charge is 2.43. The topological polar surface area (TPSA) is 127 Å². The number of fused-ring (bicyclic) bond motifs is 1. The van der Waals surface area contributed by atoms with Crippen molar-refractivity contribution in [1.29, 1.82) is 0 Å². The summed E-state index contributed by atoms with van der Waals surface area (Å²) in [6.07, 6.45) is -6.58. The highest BCUT2D eigenvalue weighted by Crippen LogP contribution is 2.41. The van der Waals surface area contributed by atoms with Crippen LogP contribution in [0.15, 0.2) is 54.9 Å². The van der Waals surface area contributed by atoms with Crippen LogP contribution in [0.3, 0.4) is 0 Å². The van der Waals surface area contributed by atoms with Gasteiger partial charge in [-0.2, -0.15) is 18.3 Å². The van der Waals surface area contributed by atoms with Crippen molar-refractivity contribution in [2.24, 2.45) is 0 Å². The maximum absolute atomic E-state index is 13.7. The summed E-state index contributed by atoms with van der Waals surface area (Å²) in [7, 11) is 1.15. The van der Waals surface area contributed by atoms with E-state index < -0.39 is 41.7 Å². The van der Waals surface area contributed by atoms with Crippen molar-refractivity contribution in [3.05, 3.63) is 88.1 Å². The molecular formula is C26H17ClF5N5O6. The Morgan fingerprint density at radius 3 is 2.53 bits per heavy atom. The Labute approximate surface area is 243 Å². The number of hydrogen-bond donors (Lipinski definition) is 1. The molecule has 17 heteroatoms. The van der Waals surface area contributed by atoms with Crippen LogP contribution in [0.1, 0.15) is 37.8 Å². The third-order valence-electron chi connectivity index (χ3n) is 5.84. The molecule has 0 saturated heterocycles. The predicted octanol–water partition coefficient (Wildman–Crippen LogP) is 4.95. The van der Waals surface area contributed by atoms with Crippen molar-refractivity contribution in [3.8, 4) is 23.1 Å². The van der Waals surface area contributed by atoms with Gasteiger partial charge in [-0.05, 0) is 35.9 Å². The van der Waals surface area contributed by atoms with Crippen molar-refractivity contribution in [1.82, 2.24) is 25.1 Å². The van der Waals surface area contributed by atoms with E-state index >= 15 is 0 Å². The summed E-state index contributed by atoms with van der Waals surface area (Å²) in [5, 5.41) is 5.47. The Hall–Kier alpha value is -4.99. The molecule has 43 heavy (non-hydrogen) atoms. The number of carbonyl (C=O) groups is 2. The quantitative estimate of drug-likeness (QED) is 0.214. The van der Waals surface area contributed by atoms with Crippen LogP contribution in [0.5, 0.6) is 17.4 Å². The molecule has 1 amide bonds. The van der Waals surface area contributed by atoms with Crippen LogP contribution in [0.4, 0.5) is 22.0 Å². The molecule has 3 heterocycles. The van der Waals surface area contributed by atoms with Crippen LogP contribution >= 0.6 is 11.6 Å². The molecule has 0 aliphatic carbocycles. The summed E-state index contributed by atoms with van der Waals surface area (Å²) < 4.78 is 87.2. The molecular weight excluding hydrogens is 609 g/mol. The van der Waals surface area contributed by atoms with Gasteiger partial charge in [-0.15, -0.1) is 8.78 Å². The molecule has 0 bridgehead atoms. The summed E-state index contributed by atoms with van der Waals surface area (Å²) in [6.45, 7) is -0.639. The number of nitrogens with one attached hydrogen (secondary N) is 1. The first kappa shape index (κ1) is 29.5. The van der Waals surface area contributed by atoms with Gasteiger partial charge in [0.1, 0.15) is 12.3 Å². The van der Waals surface area contributed by atoms with E-state index in [4.69, 9.17) is 16.3 Å². The molecule has 11 nitrogen and oxygen atoms in total. The van der Waals surface area contributed by atoms with Gasteiger partial charge in [0.15, 0.2) is 22.9 Å². The van der Waals surface area contributed by atoms with E-state index in [2.05, 4.69) is 34.6 Å². The zero-order chi connectivity index (χ0) is 30.9. The normalized spacial score (nSPS) is 13.5. The number of methoxy groups -OCH3 is 1. The van der Waals surface area contributed by atoms with Crippen molar-refractivity contribution in [3.63, 3.8) is 0 Å². The molecule has 0 saturated carbocycles. The third-order valence-corrected chi connectivity index (χ3v) is 6.23. The van der Waals surface area contributed by atoms with Gasteiger partial charge in [-0.3, -0.25) is 4.79 Å². The molecule has 4 aromatic rings. The van der Waals surface area contributed by atoms with Gasteiger partial charge in [0.05, 0.1) is 30.2 Å². The van der Waals surface area contributed by atoms with Crippen molar-refractivity contribution < 1.29 is 50.5 Å². The summed E-state index contributed by atoms with van der Waals surface area (Å²) in [4.78, 5) is 32.1. The second-order valence-electron chi connectivity index (χ2n) is 8.72. The molecule has 0 spiro atoms. The molecule has 1 aliphatic heterocycles. The summed E-state index contributed by atoms with van der Waals surface area (Å²) in [5.74, 6) is -1.87. The van der Waals surface area contributed by atoms with Gasteiger partial charge in [-0.1, -0.05) is 23.7 Å². The van der Waals surface area contributed by atoms with Crippen LogP contribution in [0.25, 0.3) is 5.69 Å². The highest BCUT2D eigenvalue weighted by atomic mass is 35.5. The van der Waals surface area contributed by atoms with E-state index in [-0.39, 0.29) is 46.6 Å². The van der Waals surface area contributed by atoms with Gasteiger partial charge >= 0.3 is 18.4 Å². The lowest BCUT2D eigenvalue weighted by atomic mass is 10.1. The smallest absolute Gasteiger partial charge is 0.470 e. The Morgan fingerprint density at radius 2 is 1.84 bits per heavy atom. The van der Waals surface area contributed by atoms with E-state index in [1.54, 1.807) is 0 Å². The number of halogens is 6. The fourth-order valence-electron chi connectivity index (χ4n) is 3.86. The van der Waals surface area contributed by atoms with Gasteiger partial charge in [-0.25, -0.2) is 19.4 Å². The first-order valence-corrected chi connectivity index (χ1v) is 12.4. The molecule has 1 aliphatic rings. The number of benzene rings is 2. The number of nitrogens with zero attached hydrogens (tertiary/aromatic N) is 4. The zero-order valence-corrected chi connectivity index (χ0v) is 22.4. The fourth-order valence-corrected chi connectivity index (χ4v) is 4.14. The lowest BCUT2D eigenvalue weighted by Gasteiger charge is -2.11. The lowest BCUT2D eigenvalue weighted by Crippen LogP contribution is -2.26. The number of rotatable bonds is 8. The van der Waals surface area contributed by atoms with Gasteiger partial charge < -0.3 is 24.3 Å². The van der Waals surface area contributed by atoms with Gasteiger partial charge in [0.2, 0.25) is 5.88 Å². The Bertz CT molecular complexity index is 1700. The highest BCUT2D eigenvalue weighted by molar-refractivity contribution is 6.32. The van der Waals surface area contributed by atoms with Gasteiger partial charge in [0, 0.05) is 12.1 Å². The number of amides is 1. The minimum Gasteiger partial charge on any atom is -0.470 e. The Morgan fingerprint density at radius 1 is 1.07 bits per heavy atom. The minimum atomic E-state index is -4.91. The first-order valence-electron chi connectivity index (χ1n) is 12.0. The Balaban J connectivity index is 1.35. The number of aromatic nitrogens is 4. The van der Waals surface area contributed by atoms with Crippen molar-refractivity contribution in [2.45, 2.75) is 25.6 Å². The van der Waals surface area contributed by atoms with E-state index in [1.807, 2.05) is 0 Å². The first-order chi connectivity index (χ1) is 20.3. The summed E-state index contributed by atoms with van der Waals surface area (Å²) in [6, 6.07) is 9.48. The van der Waals surface area contributed by atoms with Crippen LogP contribution in [-0.4, -0.2) is 45.0 Å². The number of ether oxygens (including phenoxy) is 4. The molecule has 224 valence electrons. The van der Waals surface area contributed by atoms with E-state index in [0.717, 1.165) is 24.2 Å². The van der Waals surface area contributed by atoms with Crippen molar-refractivity contribution >= 4 is 23.5 Å². The van der Waals surface area contributed by atoms with E-state index in [9.17, 15) is 31.5 Å². The number of esters is 1. The largest absolute Gasteiger partial charge is 0.586 e. The molecule has 0 unspecified atom stereocenters. The third kappa shape index (κ3) is 6.43. The van der Waals surface area contributed by atoms with Crippen LogP contribution < -0.4 is 19.5 Å². The number of carbonyl (C=O) groups excluding carboxylic acids is 2. The van der Waals surface area contributed by atoms with Gasteiger partial charge in [0.25, 0.3) is 5.91 Å². The van der Waals surface area contributed by atoms with Crippen molar-refractivity contribution in [2.75, 3.05) is 7.11 Å². The minimum absolute atomic E-state index is 0.0427. The standard InChI is InChI=1S/C26H17ClF5N5O6/c1-40-24(39)16-10-34-20(11-33-16)41-12-17-21(27)22(25(28,29)30)36-37(17)15-4-2-3-14(8-15)23(38)35-9-13-5-6-18-19(7-13)43-26(31,32)42-18/h2-8,10-11H,9,12H2,1H3,(H,35,38). The van der Waals surface area contributed by atoms with Crippen LogP contribution in [-0.2, 0) is 24.1 Å². The second kappa shape index (κ2) is 11.4. The summed E-state index contributed by atoms with van der Waals surface area (Å²) in [5.41, 5.74) is -1.22. The second-order valence-corrected chi connectivity index (χ2v) is 9.10. The Kier molecular flexibility index (Phi) is 7.79. The predicted molar refractivity (Wildman–Crippen MR) is 135 cm³/mol. The van der Waals surface area contributed by atoms with Crippen LogP contribution in [0.2, 0.25) is 5.02 Å². The maximum Gasteiger partial charge on any atom is 0.586 e. The van der Waals surface area contributed by atoms with E-state index in [0.29, 0.717) is 5.56 Å². The average Bonchev–Trinajstić information content (AvgIpc) is 3.48. The SMILES string of the molecule is COC(=O)c1cnc(OCc2c(Cl)c(C(F)(F)F)nn2-c2cccc(C(=O)NCc3ccc4c(c3)OC(F)(F)O4)c2)cn1.